The van der Waals surface area contributed by atoms with E-state index in [2.05, 4.69) is 20.5 Å². The highest BCUT2D eigenvalue weighted by molar-refractivity contribution is 7.99. The van der Waals surface area contributed by atoms with Crippen molar-refractivity contribution in [3.8, 4) is 5.75 Å². The van der Waals surface area contributed by atoms with Crippen molar-refractivity contribution < 1.29 is 14.3 Å². The minimum absolute atomic E-state index is 0.103. The van der Waals surface area contributed by atoms with Gasteiger partial charge in [-0.05, 0) is 58.9 Å². The normalized spacial score (nSPS) is 11.5. The van der Waals surface area contributed by atoms with Gasteiger partial charge in [0, 0.05) is 0 Å². The van der Waals surface area contributed by atoms with E-state index in [9.17, 15) is 9.90 Å². The highest BCUT2D eigenvalue weighted by Gasteiger charge is 2.12. The lowest BCUT2D eigenvalue weighted by Crippen LogP contribution is -2.17. The smallest absolute Gasteiger partial charge is 0.275 e. The van der Waals surface area contributed by atoms with Gasteiger partial charge in [-0.1, -0.05) is 36.4 Å². The van der Waals surface area contributed by atoms with Crippen LogP contribution in [0.15, 0.2) is 92.6 Å². The molecule has 0 aliphatic heterocycles. The van der Waals surface area contributed by atoms with Gasteiger partial charge in [0.1, 0.15) is 11.5 Å². The molecule has 0 aliphatic rings. The minimum atomic E-state index is -0.511. The molecule has 8 heteroatoms. The molecule has 5 rings (SSSR count). The Bertz CT molecular complexity index is 1400. The van der Waals surface area contributed by atoms with E-state index in [1.807, 2.05) is 48.5 Å². The van der Waals surface area contributed by atoms with Crippen LogP contribution < -0.4 is 5.43 Å². The molecule has 1 amide bonds. The summed E-state index contributed by atoms with van der Waals surface area (Å²) in [7, 11) is 0. The van der Waals surface area contributed by atoms with E-state index < -0.39 is 5.91 Å². The largest absolute Gasteiger partial charge is 0.507 e. The number of amides is 1. The van der Waals surface area contributed by atoms with Gasteiger partial charge in [-0.15, -0.1) is 0 Å². The molecular weight excluding hydrogens is 412 g/mol. The molecule has 2 heterocycles. The third kappa shape index (κ3) is 4.01. The summed E-state index contributed by atoms with van der Waals surface area (Å²) in [6.45, 7) is 0. The van der Waals surface area contributed by atoms with Crippen LogP contribution in [0, 0.1) is 0 Å². The first-order chi connectivity index (χ1) is 15.2. The molecule has 7 nitrogen and oxygen atoms in total. The van der Waals surface area contributed by atoms with Gasteiger partial charge in [0.15, 0.2) is 10.2 Å². The van der Waals surface area contributed by atoms with E-state index in [4.69, 9.17) is 4.42 Å². The molecule has 0 atom stereocenters. The van der Waals surface area contributed by atoms with E-state index in [1.54, 1.807) is 24.3 Å². The molecule has 0 saturated heterocycles. The van der Waals surface area contributed by atoms with Crippen molar-refractivity contribution in [2.45, 2.75) is 10.2 Å². The summed E-state index contributed by atoms with van der Waals surface area (Å²) in [5.74, 6) is -0.140. The van der Waals surface area contributed by atoms with Gasteiger partial charge in [0.05, 0.1) is 22.8 Å². The van der Waals surface area contributed by atoms with Crippen molar-refractivity contribution in [1.29, 1.82) is 0 Å². The van der Waals surface area contributed by atoms with Crippen molar-refractivity contribution in [3.05, 3.63) is 84.1 Å². The number of carbonyl (C=O) groups is 1. The molecule has 0 spiro atoms. The Labute approximate surface area is 180 Å². The topological polar surface area (TPSA) is 104 Å². The van der Waals surface area contributed by atoms with Crippen molar-refractivity contribution in [2.75, 3.05) is 0 Å². The van der Waals surface area contributed by atoms with E-state index in [0.717, 1.165) is 27.0 Å². The van der Waals surface area contributed by atoms with Gasteiger partial charge in [0.2, 0.25) is 0 Å². The second kappa shape index (κ2) is 8.00. The third-order valence-corrected chi connectivity index (χ3v) is 5.44. The van der Waals surface area contributed by atoms with Crippen LogP contribution in [0.1, 0.15) is 16.1 Å². The van der Waals surface area contributed by atoms with Gasteiger partial charge in [-0.2, -0.15) is 5.10 Å². The van der Waals surface area contributed by atoms with Gasteiger partial charge in [0.25, 0.3) is 5.91 Å². The van der Waals surface area contributed by atoms with Crippen LogP contribution in [0.5, 0.6) is 5.75 Å². The number of fused-ring (bicyclic) bond motifs is 2. The number of imidazole rings is 1. The second-order valence-electron chi connectivity index (χ2n) is 6.73. The second-order valence-corrected chi connectivity index (χ2v) is 7.73. The Morgan fingerprint density at radius 2 is 1.84 bits per heavy atom. The van der Waals surface area contributed by atoms with Crippen LogP contribution in [0.4, 0.5) is 0 Å². The number of hydrogen-bond donors (Lipinski definition) is 3. The molecule has 0 unspecified atom stereocenters. The first kappa shape index (κ1) is 19.0. The summed E-state index contributed by atoms with van der Waals surface area (Å²) in [6, 6.07) is 22.0. The van der Waals surface area contributed by atoms with Crippen molar-refractivity contribution >= 4 is 45.7 Å². The van der Waals surface area contributed by atoms with E-state index >= 15 is 0 Å². The molecule has 0 bridgehead atoms. The van der Waals surface area contributed by atoms with E-state index in [1.165, 1.54) is 18.0 Å². The Morgan fingerprint density at radius 3 is 2.68 bits per heavy atom. The molecule has 2 aromatic heterocycles. The van der Waals surface area contributed by atoms with E-state index in [0.29, 0.717) is 10.9 Å². The fraction of sp³-hybridized carbons (Fsp3) is 0. The van der Waals surface area contributed by atoms with Crippen LogP contribution in [0.3, 0.4) is 0 Å². The lowest BCUT2D eigenvalue weighted by Gasteiger charge is -2.05. The molecule has 3 N–H and O–H groups in total. The first-order valence-electron chi connectivity index (χ1n) is 9.43. The number of aromatic nitrogens is 2. The number of nitrogens with zero attached hydrogens (tertiary/aromatic N) is 2. The summed E-state index contributed by atoms with van der Waals surface area (Å²) >= 11 is 1.36. The summed E-state index contributed by atoms with van der Waals surface area (Å²) < 4.78 is 5.71. The monoisotopic (exact) mass is 428 g/mol. The lowest BCUT2D eigenvalue weighted by molar-refractivity contribution is 0.0952. The molecule has 3 aromatic carbocycles. The van der Waals surface area contributed by atoms with Gasteiger partial charge < -0.3 is 14.5 Å². The molecule has 31 heavy (non-hydrogen) atoms. The van der Waals surface area contributed by atoms with Crippen LogP contribution in [-0.2, 0) is 0 Å². The Morgan fingerprint density at radius 1 is 1.06 bits per heavy atom. The molecule has 5 aromatic rings. The molecule has 0 aliphatic carbocycles. The average molecular weight is 428 g/mol. The number of aromatic hydroxyl groups is 1. The van der Waals surface area contributed by atoms with Crippen LogP contribution in [-0.4, -0.2) is 27.2 Å². The number of rotatable bonds is 5. The number of phenols is 1. The Hall–Kier alpha value is -4.04. The summed E-state index contributed by atoms with van der Waals surface area (Å²) in [5, 5.41) is 17.1. The number of benzene rings is 3. The maximum absolute atomic E-state index is 12.4. The Kier molecular flexibility index (Phi) is 4.89. The SMILES string of the molecule is O=C(N/N=C/c1ccc(Sc2nc3ccccc3[nH]2)o1)c1cc2ccccc2cc1O. The zero-order chi connectivity index (χ0) is 21.2. The summed E-state index contributed by atoms with van der Waals surface area (Å²) in [5.41, 5.74) is 4.41. The third-order valence-electron chi connectivity index (χ3n) is 4.63. The van der Waals surface area contributed by atoms with Gasteiger partial charge >= 0.3 is 0 Å². The lowest BCUT2D eigenvalue weighted by atomic mass is 10.1. The highest BCUT2D eigenvalue weighted by atomic mass is 32.2. The minimum Gasteiger partial charge on any atom is -0.507 e. The molecule has 0 radical (unpaired) electrons. The number of hydrazone groups is 1. The number of furan rings is 1. The van der Waals surface area contributed by atoms with Crippen molar-refractivity contribution in [3.63, 3.8) is 0 Å². The number of aromatic amines is 1. The fourth-order valence-corrected chi connectivity index (χ4v) is 3.93. The van der Waals surface area contributed by atoms with Crippen LogP contribution >= 0.6 is 11.8 Å². The zero-order valence-corrected chi connectivity index (χ0v) is 16.9. The number of phenolic OH excluding ortho intramolecular Hbond substituents is 1. The highest BCUT2D eigenvalue weighted by Crippen LogP contribution is 2.28. The quantitative estimate of drug-likeness (QED) is 0.272. The maximum Gasteiger partial charge on any atom is 0.275 e. The summed E-state index contributed by atoms with van der Waals surface area (Å²) in [6.07, 6.45) is 1.40. The van der Waals surface area contributed by atoms with Crippen LogP contribution in [0.2, 0.25) is 0 Å². The standard InChI is InChI=1S/C23H16N4O3S/c28-20-12-15-6-2-1-5-14(15)11-17(20)22(29)27-24-13-16-9-10-21(30-16)31-23-25-18-7-3-4-8-19(18)26-23/h1-13,28H,(H,25,26)(H,27,29)/b24-13+. The molecule has 152 valence electrons. The van der Waals surface area contributed by atoms with Crippen molar-refractivity contribution in [2.24, 2.45) is 5.10 Å². The van der Waals surface area contributed by atoms with Gasteiger partial charge in [-0.3, -0.25) is 4.79 Å². The molecular formula is C23H16N4O3S. The number of hydrogen-bond acceptors (Lipinski definition) is 6. The number of para-hydroxylation sites is 2. The average Bonchev–Trinajstić information content (AvgIpc) is 3.39. The zero-order valence-electron chi connectivity index (χ0n) is 16.1. The molecule has 0 saturated carbocycles. The molecule has 0 fully saturated rings. The fourth-order valence-electron chi connectivity index (χ4n) is 3.16. The predicted octanol–water partition coefficient (Wildman–Crippen LogP) is 4.93. The summed E-state index contributed by atoms with van der Waals surface area (Å²) in [4.78, 5) is 20.1. The maximum atomic E-state index is 12.4. The number of H-pyrrole nitrogens is 1. The van der Waals surface area contributed by atoms with Gasteiger partial charge in [-0.25, -0.2) is 10.4 Å². The van der Waals surface area contributed by atoms with Crippen molar-refractivity contribution in [1.82, 2.24) is 15.4 Å². The first-order valence-corrected chi connectivity index (χ1v) is 10.2. The predicted molar refractivity (Wildman–Crippen MR) is 120 cm³/mol. The number of nitrogens with one attached hydrogen (secondary N) is 2. The number of carbonyl (C=O) groups excluding carboxylic acids is 1. The Balaban J connectivity index is 1.25. The van der Waals surface area contributed by atoms with E-state index in [-0.39, 0.29) is 11.3 Å². The van der Waals surface area contributed by atoms with Crippen LogP contribution in [0.25, 0.3) is 21.8 Å².